The minimum Gasteiger partial charge on any atom is -0.355 e. The predicted molar refractivity (Wildman–Crippen MR) is 117 cm³/mol. The zero-order chi connectivity index (χ0) is 20.2. The number of hydrogen-bond donors (Lipinski definition) is 1. The molecule has 1 amide bonds. The summed E-state index contributed by atoms with van der Waals surface area (Å²) in [5.74, 6) is 1.50. The van der Waals surface area contributed by atoms with Crippen LogP contribution in [0.2, 0.25) is 0 Å². The molecule has 4 aromatic rings. The number of fused-ring (bicyclic) bond motifs is 3. The maximum atomic E-state index is 12.2. The van der Waals surface area contributed by atoms with E-state index in [1.807, 2.05) is 54.6 Å². The van der Waals surface area contributed by atoms with Crippen LogP contribution in [0.3, 0.4) is 0 Å². The number of carbonyl (C=O) groups is 1. The average molecular weight is 406 g/mol. The minimum atomic E-state index is 0.00200. The Kier molecular flexibility index (Phi) is 5.76. The van der Waals surface area contributed by atoms with Crippen molar-refractivity contribution in [2.75, 3.05) is 12.3 Å². The Morgan fingerprint density at radius 1 is 1.07 bits per heavy atom. The Labute approximate surface area is 173 Å². The predicted octanol–water partition coefficient (Wildman–Crippen LogP) is 4.20. The van der Waals surface area contributed by atoms with Crippen molar-refractivity contribution in [2.45, 2.75) is 25.4 Å². The Balaban J connectivity index is 1.65. The molecule has 0 aliphatic carbocycles. The summed E-state index contributed by atoms with van der Waals surface area (Å²) in [6.45, 7) is 4.98. The van der Waals surface area contributed by atoms with Gasteiger partial charge in [0.2, 0.25) is 5.91 Å². The van der Waals surface area contributed by atoms with Crippen molar-refractivity contribution in [3.8, 4) is 11.4 Å². The lowest BCUT2D eigenvalue weighted by Crippen LogP contribution is -2.27. The first-order valence-corrected chi connectivity index (χ1v) is 10.7. The monoisotopic (exact) mass is 405 g/mol. The summed E-state index contributed by atoms with van der Waals surface area (Å²) >= 11 is 1.38. The number of benzene rings is 2. The van der Waals surface area contributed by atoms with Crippen molar-refractivity contribution in [1.82, 2.24) is 24.9 Å². The maximum Gasteiger partial charge on any atom is 0.230 e. The van der Waals surface area contributed by atoms with Crippen LogP contribution in [0.15, 0.2) is 59.8 Å². The van der Waals surface area contributed by atoms with E-state index in [1.54, 1.807) is 4.52 Å². The molecule has 29 heavy (non-hydrogen) atoms. The van der Waals surface area contributed by atoms with Crippen LogP contribution >= 0.6 is 11.8 Å². The number of para-hydroxylation sites is 1. The van der Waals surface area contributed by atoms with E-state index in [1.165, 1.54) is 11.8 Å². The van der Waals surface area contributed by atoms with Crippen molar-refractivity contribution in [2.24, 2.45) is 5.92 Å². The minimum absolute atomic E-state index is 0.00200. The van der Waals surface area contributed by atoms with E-state index >= 15 is 0 Å². The fourth-order valence-corrected chi connectivity index (χ4v) is 3.79. The van der Waals surface area contributed by atoms with E-state index in [0.29, 0.717) is 29.2 Å². The summed E-state index contributed by atoms with van der Waals surface area (Å²) in [5, 5.41) is 9.25. The van der Waals surface area contributed by atoms with E-state index in [0.717, 1.165) is 28.5 Å². The molecule has 0 saturated heterocycles. The molecule has 0 atom stereocenters. The van der Waals surface area contributed by atoms with Gasteiger partial charge in [-0.2, -0.15) is 4.52 Å². The van der Waals surface area contributed by atoms with Gasteiger partial charge in [-0.05, 0) is 24.5 Å². The van der Waals surface area contributed by atoms with Crippen LogP contribution in [0, 0.1) is 5.92 Å². The van der Waals surface area contributed by atoms with Crippen molar-refractivity contribution >= 4 is 34.2 Å². The lowest BCUT2D eigenvalue weighted by Gasteiger charge is -2.08. The summed E-state index contributed by atoms with van der Waals surface area (Å²) in [6, 6.07) is 17.7. The molecule has 148 valence electrons. The Hall–Kier alpha value is -2.93. The van der Waals surface area contributed by atoms with Crippen LogP contribution in [0.25, 0.3) is 27.9 Å². The molecule has 0 fully saturated rings. The van der Waals surface area contributed by atoms with Gasteiger partial charge in [-0.1, -0.05) is 68.1 Å². The van der Waals surface area contributed by atoms with Crippen LogP contribution in [-0.4, -0.2) is 37.8 Å². The highest BCUT2D eigenvalue weighted by atomic mass is 32.2. The quantitative estimate of drug-likeness (QED) is 0.369. The van der Waals surface area contributed by atoms with E-state index in [9.17, 15) is 4.79 Å². The number of nitrogens with zero attached hydrogens (tertiary/aromatic N) is 4. The molecule has 0 unspecified atom stereocenters. The standard InChI is InChI=1S/C22H23N5OS/c1-15(2)12-13-23-19(28)14-29-22-24-18-11-7-6-10-17(18)21-25-20(26-27(21)22)16-8-4-3-5-9-16/h3-11,15H,12-14H2,1-2H3,(H,23,28). The highest BCUT2D eigenvalue weighted by Gasteiger charge is 2.15. The van der Waals surface area contributed by atoms with Gasteiger partial charge < -0.3 is 5.32 Å². The molecule has 2 aromatic heterocycles. The fraction of sp³-hybridized carbons (Fsp3) is 0.273. The van der Waals surface area contributed by atoms with Crippen LogP contribution < -0.4 is 5.32 Å². The van der Waals surface area contributed by atoms with Crippen LogP contribution in [0.5, 0.6) is 0 Å². The Bertz CT molecular complexity index is 1140. The van der Waals surface area contributed by atoms with E-state index in [4.69, 9.17) is 9.97 Å². The molecule has 4 rings (SSSR count). The van der Waals surface area contributed by atoms with Gasteiger partial charge in [0, 0.05) is 17.5 Å². The highest BCUT2D eigenvalue weighted by Crippen LogP contribution is 2.26. The van der Waals surface area contributed by atoms with Crippen LogP contribution in [0.1, 0.15) is 20.3 Å². The lowest BCUT2D eigenvalue weighted by molar-refractivity contribution is -0.118. The van der Waals surface area contributed by atoms with E-state index < -0.39 is 0 Å². The highest BCUT2D eigenvalue weighted by molar-refractivity contribution is 7.99. The third-order valence-corrected chi connectivity index (χ3v) is 5.49. The molecule has 0 aliphatic heterocycles. The van der Waals surface area contributed by atoms with Crippen molar-refractivity contribution < 1.29 is 4.79 Å². The molecule has 1 N–H and O–H groups in total. The normalized spacial score (nSPS) is 11.4. The summed E-state index contributed by atoms with van der Waals surface area (Å²) in [5.41, 5.74) is 2.54. The molecule has 2 aromatic carbocycles. The zero-order valence-corrected chi connectivity index (χ0v) is 17.3. The second-order valence-electron chi connectivity index (χ2n) is 7.27. The van der Waals surface area contributed by atoms with Gasteiger partial charge in [0.25, 0.3) is 0 Å². The lowest BCUT2D eigenvalue weighted by atomic mass is 10.1. The summed E-state index contributed by atoms with van der Waals surface area (Å²) in [7, 11) is 0. The smallest absolute Gasteiger partial charge is 0.230 e. The van der Waals surface area contributed by atoms with Gasteiger partial charge in [-0.25, -0.2) is 9.97 Å². The first-order chi connectivity index (χ1) is 14.1. The molecule has 0 spiro atoms. The second-order valence-corrected chi connectivity index (χ2v) is 8.21. The Morgan fingerprint density at radius 3 is 2.62 bits per heavy atom. The van der Waals surface area contributed by atoms with Crippen molar-refractivity contribution in [3.05, 3.63) is 54.6 Å². The third-order valence-electron chi connectivity index (χ3n) is 4.56. The van der Waals surface area contributed by atoms with Gasteiger partial charge in [-0.15, -0.1) is 5.10 Å². The topological polar surface area (TPSA) is 72.2 Å². The molecule has 0 bridgehead atoms. The first-order valence-electron chi connectivity index (χ1n) is 9.72. The van der Waals surface area contributed by atoms with Crippen LogP contribution in [0.4, 0.5) is 0 Å². The number of hydrogen-bond acceptors (Lipinski definition) is 5. The van der Waals surface area contributed by atoms with Gasteiger partial charge >= 0.3 is 0 Å². The zero-order valence-electron chi connectivity index (χ0n) is 16.5. The van der Waals surface area contributed by atoms with Gasteiger partial charge in [-0.3, -0.25) is 4.79 Å². The SMILES string of the molecule is CC(C)CCNC(=O)CSc1nc2ccccc2c2nc(-c3ccccc3)nn12. The largest absolute Gasteiger partial charge is 0.355 e. The summed E-state index contributed by atoms with van der Waals surface area (Å²) in [6.07, 6.45) is 0.971. The van der Waals surface area contributed by atoms with E-state index in [-0.39, 0.29) is 5.91 Å². The van der Waals surface area contributed by atoms with Gasteiger partial charge in [0.15, 0.2) is 16.6 Å². The number of thioether (sulfide) groups is 1. The number of aromatic nitrogens is 4. The van der Waals surface area contributed by atoms with Gasteiger partial charge in [0.1, 0.15) is 0 Å². The number of rotatable bonds is 7. The number of carbonyl (C=O) groups excluding carboxylic acids is 1. The molecule has 0 radical (unpaired) electrons. The third kappa shape index (κ3) is 4.40. The number of amides is 1. The maximum absolute atomic E-state index is 12.2. The summed E-state index contributed by atoms with van der Waals surface area (Å²) in [4.78, 5) is 21.7. The van der Waals surface area contributed by atoms with E-state index in [2.05, 4.69) is 24.3 Å². The van der Waals surface area contributed by atoms with Gasteiger partial charge in [0.05, 0.1) is 11.3 Å². The molecule has 7 heteroatoms. The first kappa shape index (κ1) is 19.4. The molecule has 0 aliphatic rings. The molecule has 0 saturated carbocycles. The molecule has 2 heterocycles. The van der Waals surface area contributed by atoms with Crippen LogP contribution in [-0.2, 0) is 4.79 Å². The average Bonchev–Trinajstić information content (AvgIpc) is 3.18. The van der Waals surface area contributed by atoms with Crippen molar-refractivity contribution in [3.63, 3.8) is 0 Å². The second kappa shape index (κ2) is 8.61. The molecular weight excluding hydrogens is 382 g/mol. The molecular formula is C22H23N5OS. The number of nitrogens with one attached hydrogen (secondary N) is 1. The fourth-order valence-electron chi connectivity index (χ4n) is 3.01. The molecule has 6 nitrogen and oxygen atoms in total. The summed E-state index contributed by atoms with van der Waals surface area (Å²) < 4.78 is 1.75. The van der Waals surface area contributed by atoms with Crippen molar-refractivity contribution in [1.29, 1.82) is 0 Å². The Morgan fingerprint density at radius 2 is 1.83 bits per heavy atom.